The molecule has 2 aromatic rings. The summed E-state index contributed by atoms with van der Waals surface area (Å²) in [6.07, 6.45) is 0. The molecule has 1 amide bonds. The van der Waals surface area contributed by atoms with Crippen LogP contribution in [-0.4, -0.2) is 12.5 Å². The number of amides is 1. The summed E-state index contributed by atoms with van der Waals surface area (Å²) in [6, 6.07) is 11.2. The first kappa shape index (κ1) is 15.9. The Morgan fingerprint density at radius 3 is 2.45 bits per heavy atom. The molecule has 0 atom stereocenters. The molecule has 2 aromatic carbocycles. The third-order valence-corrected chi connectivity index (χ3v) is 2.96. The van der Waals surface area contributed by atoms with Gasteiger partial charge in [-0.1, -0.05) is 30.3 Å². The highest BCUT2D eigenvalue weighted by Crippen LogP contribution is 2.20. The van der Waals surface area contributed by atoms with Crippen molar-refractivity contribution in [1.29, 1.82) is 0 Å². The predicted molar refractivity (Wildman–Crippen MR) is 78.0 cm³/mol. The fraction of sp³-hybridized carbons (Fsp3) is 0.188. The number of benzene rings is 2. The Morgan fingerprint density at radius 1 is 1.09 bits per heavy atom. The van der Waals surface area contributed by atoms with E-state index >= 15 is 0 Å². The number of primary amides is 1. The Hall–Kier alpha value is -2.47. The summed E-state index contributed by atoms with van der Waals surface area (Å²) < 4.78 is 31.7. The van der Waals surface area contributed by atoms with E-state index in [0.29, 0.717) is 6.54 Å². The number of halogens is 2. The fourth-order valence-electron chi connectivity index (χ4n) is 1.84. The maximum absolute atomic E-state index is 13.4. The van der Waals surface area contributed by atoms with Crippen LogP contribution < -0.4 is 15.8 Å². The van der Waals surface area contributed by atoms with Crippen molar-refractivity contribution in [3.05, 3.63) is 65.2 Å². The second-order valence-corrected chi connectivity index (χ2v) is 4.73. The molecule has 0 aliphatic carbocycles. The van der Waals surface area contributed by atoms with Gasteiger partial charge in [-0.2, -0.15) is 4.39 Å². The summed E-state index contributed by atoms with van der Waals surface area (Å²) in [7, 11) is 0. The van der Waals surface area contributed by atoms with Crippen molar-refractivity contribution in [2.75, 3.05) is 6.54 Å². The summed E-state index contributed by atoms with van der Waals surface area (Å²) in [5.41, 5.74) is 6.82. The molecule has 0 aliphatic heterocycles. The van der Waals surface area contributed by atoms with Gasteiger partial charge in [0, 0.05) is 6.54 Å². The molecule has 2 rings (SSSR count). The number of nitrogens with one attached hydrogen (secondary N) is 1. The van der Waals surface area contributed by atoms with Gasteiger partial charge in [-0.3, -0.25) is 4.79 Å². The number of ether oxygens (including phenoxy) is 1. The first-order valence-electron chi connectivity index (χ1n) is 6.70. The van der Waals surface area contributed by atoms with E-state index in [0.717, 1.165) is 17.2 Å². The molecular formula is C16H16F2N2O2. The lowest BCUT2D eigenvalue weighted by atomic mass is 10.1. The number of nitrogens with two attached hydrogens (primary N) is 1. The van der Waals surface area contributed by atoms with Gasteiger partial charge in [0.25, 0.3) is 0 Å². The lowest BCUT2D eigenvalue weighted by Gasteiger charge is -2.08. The quantitative estimate of drug-likeness (QED) is 0.823. The molecule has 0 saturated heterocycles. The Morgan fingerprint density at radius 2 is 1.77 bits per heavy atom. The van der Waals surface area contributed by atoms with Gasteiger partial charge in [-0.05, 0) is 23.3 Å². The molecule has 0 saturated carbocycles. The van der Waals surface area contributed by atoms with Crippen molar-refractivity contribution in [3.8, 4) is 5.75 Å². The van der Waals surface area contributed by atoms with Crippen molar-refractivity contribution in [3.63, 3.8) is 0 Å². The van der Waals surface area contributed by atoms with Gasteiger partial charge in [0.2, 0.25) is 11.7 Å². The molecule has 0 aliphatic rings. The Balaban J connectivity index is 1.88. The zero-order valence-corrected chi connectivity index (χ0v) is 11.8. The molecule has 0 radical (unpaired) electrons. The van der Waals surface area contributed by atoms with E-state index in [-0.39, 0.29) is 18.9 Å². The maximum atomic E-state index is 13.4. The lowest BCUT2D eigenvalue weighted by Crippen LogP contribution is -2.28. The highest BCUT2D eigenvalue weighted by molar-refractivity contribution is 5.75. The molecule has 0 spiro atoms. The van der Waals surface area contributed by atoms with Crippen molar-refractivity contribution in [2.24, 2.45) is 5.73 Å². The van der Waals surface area contributed by atoms with E-state index in [1.165, 1.54) is 12.1 Å². The van der Waals surface area contributed by atoms with Crippen LogP contribution >= 0.6 is 0 Å². The molecule has 116 valence electrons. The third-order valence-electron chi connectivity index (χ3n) is 2.96. The van der Waals surface area contributed by atoms with Gasteiger partial charge in [-0.15, -0.1) is 0 Å². The molecule has 3 N–H and O–H groups in total. The van der Waals surface area contributed by atoms with Crippen LogP contribution in [0, 0.1) is 11.6 Å². The van der Waals surface area contributed by atoms with Gasteiger partial charge >= 0.3 is 0 Å². The summed E-state index contributed by atoms with van der Waals surface area (Å²) in [4.78, 5) is 10.6. The predicted octanol–water partition coefficient (Wildman–Crippen LogP) is 2.12. The molecule has 0 heterocycles. The van der Waals surface area contributed by atoms with Crippen molar-refractivity contribution >= 4 is 5.91 Å². The Kier molecular flexibility index (Phi) is 5.43. The van der Waals surface area contributed by atoms with Crippen LogP contribution in [0.15, 0.2) is 42.5 Å². The van der Waals surface area contributed by atoms with Crippen LogP contribution in [0.4, 0.5) is 8.78 Å². The van der Waals surface area contributed by atoms with E-state index in [2.05, 4.69) is 5.32 Å². The molecule has 6 heteroatoms. The second-order valence-electron chi connectivity index (χ2n) is 4.73. The molecule has 0 unspecified atom stereocenters. The number of hydrogen-bond donors (Lipinski definition) is 2. The van der Waals surface area contributed by atoms with Gasteiger partial charge in [0.15, 0.2) is 11.6 Å². The molecule has 0 fully saturated rings. The normalized spacial score (nSPS) is 10.5. The number of rotatable bonds is 7. The van der Waals surface area contributed by atoms with Gasteiger partial charge < -0.3 is 15.8 Å². The number of carbonyl (C=O) groups is 1. The van der Waals surface area contributed by atoms with Crippen LogP contribution in [0.5, 0.6) is 5.75 Å². The van der Waals surface area contributed by atoms with Gasteiger partial charge in [-0.25, -0.2) is 4.39 Å². The Bertz CT molecular complexity index is 645. The largest absolute Gasteiger partial charge is 0.486 e. The van der Waals surface area contributed by atoms with Gasteiger partial charge in [0.1, 0.15) is 6.61 Å². The van der Waals surface area contributed by atoms with Gasteiger partial charge in [0.05, 0.1) is 6.54 Å². The summed E-state index contributed by atoms with van der Waals surface area (Å²) >= 11 is 0. The molecule has 22 heavy (non-hydrogen) atoms. The molecule has 0 aromatic heterocycles. The maximum Gasteiger partial charge on any atom is 0.231 e. The average molecular weight is 306 g/mol. The highest BCUT2D eigenvalue weighted by Gasteiger charge is 2.08. The smallest absolute Gasteiger partial charge is 0.231 e. The van der Waals surface area contributed by atoms with Crippen LogP contribution in [0.3, 0.4) is 0 Å². The van der Waals surface area contributed by atoms with Crippen molar-refractivity contribution < 1.29 is 18.3 Å². The molecule has 0 bridgehead atoms. The minimum atomic E-state index is -0.991. The van der Waals surface area contributed by atoms with E-state index in [1.807, 2.05) is 24.3 Å². The summed E-state index contributed by atoms with van der Waals surface area (Å²) in [5.74, 6) is -2.46. The summed E-state index contributed by atoms with van der Waals surface area (Å²) in [5, 5.41) is 2.90. The van der Waals surface area contributed by atoms with E-state index in [1.54, 1.807) is 0 Å². The minimum absolute atomic E-state index is 0.115. The van der Waals surface area contributed by atoms with E-state index in [4.69, 9.17) is 10.5 Å². The van der Waals surface area contributed by atoms with E-state index in [9.17, 15) is 13.6 Å². The SMILES string of the molecule is NC(=O)CNCc1ccc(COc2cccc(F)c2F)cc1. The second kappa shape index (κ2) is 7.51. The first-order chi connectivity index (χ1) is 10.6. The van der Waals surface area contributed by atoms with Crippen LogP contribution in [-0.2, 0) is 17.9 Å². The Labute approximate surface area is 126 Å². The standard InChI is InChI=1S/C16H16F2N2O2/c17-13-2-1-3-14(16(13)18)22-10-12-6-4-11(5-7-12)8-20-9-15(19)21/h1-7,20H,8-10H2,(H2,19,21). The van der Waals surface area contributed by atoms with Crippen molar-refractivity contribution in [1.82, 2.24) is 5.32 Å². The lowest BCUT2D eigenvalue weighted by molar-refractivity contribution is -0.117. The average Bonchev–Trinajstić information content (AvgIpc) is 2.50. The van der Waals surface area contributed by atoms with Crippen LogP contribution in [0.25, 0.3) is 0 Å². The zero-order chi connectivity index (χ0) is 15.9. The third kappa shape index (κ3) is 4.53. The van der Waals surface area contributed by atoms with Crippen LogP contribution in [0.2, 0.25) is 0 Å². The summed E-state index contributed by atoms with van der Waals surface area (Å²) in [6.45, 7) is 0.766. The molecule has 4 nitrogen and oxygen atoms in total. The van der Waals surface area contributed by atoms with Crippen LogP contribution in [0.1, 0.15) is 11.1 Å². The number of carbonyl (C=O) groups excluding carboxylic acids is 1. The van der Waals surface area contributed by atoms with Crippen molar-refractivity contribution in [2.45, 2.75) is 13.2 Å². The first-order valence-corrected chi connectivity index (χ1v) is 6.70. The topological polar surface area (TPSA) is 64.4 Å². The monoisotopic (exact) mass is 306 g/mol. The highest BCUT2D eigenvalue weighted by atomic mass is 19.2. The minimum Gasteiger partial charge on any atom is -0.486 e. The number of hydrogen-bond acceptors (Lipinski definition) is 3. The fourth-order valence-corrected chi connectivity index (χ4v) is 1.84. The molecular weight excluding hydrogens is 290 g/mol. The van der Waals surface area contributed by atoms with E-state index < -0.39 is 17.5 Å². The zero-order valence-electron chi connectivity index (χ0n) is 11.8.